The topological polar surface area (TPSA) is 59.8 Å². The van der Waals surface area contributed by atoms with Gasteiger partial charge in [0.05, 0.1) is 23.8 Å². The van der Waals surface area contributed by atoms with Crippen molar-refractivity contribution in [1.29, 1.82) is 0 Å². The largest absolute Gasteiger partial charge is 0.352 e. The number of carbonyl (C=O) groups is 1. The van der Waals surface area contributed by atoms with Gasteiger partial charge >= 0.3 is 0 Å². The summed E-state index contributed by atoms with van der Waals surface area (Å²) < 4.78 is 2.18. The minimum atomic E-state index is -0.0371. The number of imidazole rings is 1. The molecule has 2 aromatic heterocycles. The number of aromatic nitrogens is 3. The van der Waals surface area contributed by atoms with Gasteiger partial charge in [0, 0.05) is 29.1 Å². The zero-order valence-corrected chi connectivity index (χ0v) is 18.8. The van der Waals surface area contributed by atoms with E-state index in [4.69, 9.17) is 16.6 Å². The van der Waals surface area contributed by atoms with Crippen LogP contribution in [0.3, 0.4) is 0 Å². The minimum absolute atomic E-state index is 0.0371. The van der Waals surface area contributed by atoms with Crippen LogP contribution in [-0.4, -0.2) is 27.0 Å². The molecule has 7 heteroatoms. The van der Waals surface area contributed by atoms with E-state index in [1.54, 1.807) is 18.0 Å². The number of carbonyl (C=O) groups excluding carboxylic acids is 1. The molecular weight excluding hydrogens is 428 g/mol. The first-order chi connectivity index (χ1) is 15.1. The van der Waals surface area contributed by atoms with Gasteiger partial charge in [-0.25, -0.2) is 4.98 Å². The lowest BCUT2D eigenvalue weighted by molar-refractivity contribution is 0.0953. The van der Waals surface area contributed by atoms with Gasteiger partial charge in [0.2, 0.25) is 0 Å². The summed E-state index contributed by atoms with van der Waals surface area (Å²) in [5.41, 5.74) is 4.87. The van der Waals surface area contributed by atoms with Gasteiger partial charge in [0.15, 0.2) is 5.16 Å². The number of nitrogens with zero attached hydrogens (tertiary/aromatic N) is 3. The number of hydrogen-bond acceptors (Lipinski definition) is 4. The SMILES string of the molecule is CCCNC(=O)c1ccc(Cn2c(SCc3ccc(Cl)cc3)nc3ccncc32)cc1. The molecule has 0 saturated heterocycles. The normalized spacial score (nSPS) is 11.0. The van der Waals surface area contributed by atoms with Crippen LogP contribution in [0, 0.1) is 0 Å². The summed E-state index contributed by atoms with van der Waals surface area (Å²) in [4.78, 5) is 21.3. The van der Waals surface area contributed by atoms with Gasteiger partial charge in [0.1, 0.15) is 0 Å². The van der Waals surface area contributed by atoms with Crippen LogP contribution in [0.1, 0.15) is 34.8 Å². The van der Waals surface area contributed by atoms with Gasteiger partial charge in [-0.3, -0.25) is 9.78 Å². The van der Waals surface area contributed by atoms with Crippen LogP contribution in [0.2, 0.25) is 5.02 Å². The van der Waals surface area contributed by atoms with Crippen LogP contribution in [0.25, 0.3) is 11.0 Å². The first kappa shape index (κ1) is 21.4. The molecule has 31 heavy (non-hydrogen) atoms. The van der Waals surface area contributed by atoms with Crippen LogP contribution < -0.4 is 5.32 Å². The second kappa shape index (κ2) is 9.98. The number of fused-ring (bicyclic) bond motifs is 1. The summed E-state index contributed by atoms with van der Waals surface area (Å²) in [7, 11) is 0. The fourth-order valence-corrected chi connectivity index (χ4v) is 4.32. The Bertz CT molecular complexity index is 1170. The molecule has 0 bridgehead atoms. The molecule has 0 unspecified atom stereocenters. The molecule has 0 fully saturated rings. The Kier molecular flexibility index (Phi) is 6.89. The van der Waals surface area contributed by atoms with E-state index < -0.39 is 0 Å². The molecule has 4 aromatic rings. The Hall–Kier alpha value is -2.83. The van der Waals surface area contributed by atoms with Crippen molar-refractivity contribution in [3.8, 4) is 0 Å². The van der Waals surface area contributed by atoms with E-state index in [-0.39, 0.29) is 5.91 Å². The van der Waals surface area contributed by atoms with Gasteiger partial charge in [0.25, 0.3) is 5.91 Å². The molecule has 0 atom stereocenters. The Morgan fingerprint density at radius 1 is 1.06 bits per heavy atom. The van der Waals surface area contributed by atoms with E-state index in [1.807, 2.05) is 67.7 Å². The summed E-state index contributed by atoms with van der Waals surface area (Å²) in [6.07, 6.45) is 4.53. The summed E-state index contributed by atoms with van der Waals surface area (Å²) in [6, 6.07) is 17.5. The van der Waals surface area contributed by atoms with E-state index in [0.29, 0.717) is 18.7 Å². The number of rotatable bonds is 8. The number of thioether (sulfide) groups is 1. The standard InChI is InChI=1S/C24H23ClN4OS/c1-2-12-27-23(30)19-7-3-17(4-8-19)15-29-22-14-26-13-11-21(22)28-24(29)31-16-18-5-9-20(25)10-6-18/h3-11,13-14H,2,12,15-16H2,1H3,(H,27,30). The number of nitrogens with one attached hydrogen (secondary N) is 1. The number of hydrogen-bond donors (Lipinski definition) is 1. The quantitative estimate of drug-likeness (QED) is 0.357. The molecule has 158 valence electrons. The third-order valence-electron chi connectivity index (χ3n) is 4.89. The molecule has 2 heterocycles. The summed E-state index contributed by atoms with van der Waals surface area (Å²) >= 11 is 7.68. The second-order valence-corrected chi connectivity index (χ2v) is 8.59. The molecule has 0 radical (unpaired) electrons. The lowest BCUT2D eigenvalue weighted by atomic mass is 10.1. The van der Waals surface area contributed by atoms with Crippen molar-refractivity contribution in [3.05, 3.63) is 88.7 Å². The third-order valence-corrected chi connectivity index (χ3v) is 6.19. The highest BCUT2D eigenvalue weighted by molar-refractivity contribution is 7.98. The van der Waals surface area contributed by atoms with Gasteiger partial charge < -0.3 is 9.88 Å². The van der Waals surface area contributed by atoms with Crippen molar-refractivity contribution in [2.75, 3.05) is 6.54 Å². The third kappa shape index (κ3) is 5.27. The number of pyridine rings is 1. The first-order valence-electron chi connectivity index (χ1n) is 10.2. The molecule has 2 aromatic carbocycles. The molecule has 0 aliphatic carbocycles. The van der Waals surface area contributed by atoms with E-state index in [2.05, 4.69) is 14.9 Å². The molecule has 5 nitrogen and oxygen atoms in total. The smallest absolute Gasteiger partial charge is 0.251 e. The number of amides is 1. The lowest BCUT2D eigenvalue weighted by Gasteiger charge is -2.10. The molecule has 1 amide bonds. The molecule has 0 aliphatic rings. The summed E-state index contributed by atoms with van der Waals surface area (Å²) in [5.74, 6) is 0.759. The monoisotopic (exact) mass is 450 g/mol. The highest BCUT2D eigenvalue weighted by Gasteiger charge is 2.13. The Morgan fingerprint density at radius 3 is 2.55 bits per heavy atom. The van der Waals surface area contributed by atoms with Gasteiger partial charge in [-0.15, -0.1) is 0 Å². The average molecular weight is 451 g/mol. The predicted octanol–water partition coefficient (Wildman–Crippen LogP) is 5.57. The number of halogens is 1. The van der Waals surface area contributed by atoms with Crippen LogP contribution in [0.15, 0.2) is 72.1 Å². The fraction of sp³-hybridized carbons (Fsp3) is 0.208. The van der Waals surface area contributed by atoms with Gasteiger partial charge in [-0.2, -0.15) is 0 Å². The first-order valence-corrected chi connectivity index (χ1v) is 11.5. The predicted molar refractivity (Wildman–Crippen MR) is 127 cm³/mol. The zero-order chi connectivity index (χ0) is 21.6. The molecule has 0 saturated carbocycles. The zero-order valence-electron chi connectivity index (χ0n) is 17.2. The van der Waals surface area contributed by atoms with Crippen molar-refractivity contribution in [2.24, 2.45) is 0 Å². The Morgan fingerprint density at radius 2 is 1.81 bits per heavy atom. The Balaban J connectivity index is 1.55. The Labute approximate surface area is 190 Å². The van der Waals surface area contributed by atoms with Crippen LogP contribution in [0.4, 0.5) is 0 Å². The van der Waals surface area contributed by atoms with Crippen molar-refractivity contribution in [3.63, 3.8) is 0 Å². The van der Waals surface area contributed by atoms with E-state index in [1.165, 1.54) is 5.56 Å². The molecule has 0 aliphatic heterocycles. The van der Waals surface area contributed by atoms with Crippen molar-refractivity contribution in [1.82, 2.24) is 19.9 Å². The maximum Gasteiger partial charge on any atom is 0.251 e. The molecule has 4 rings (SSSR count). The summed E-state index contributed by atoms with van der Waals surface area (Å²) in [6.45, 7) is 3.38. The van der Waals surface area contributed by atoms with Crippen molar-refractivity contribution in [2.45, 2.75) is 30.8 Å². The van der Waals surface area contributed by atoms with Gasteiger partial charge in [-0.1, -0.05) is 54.6 Å². The maximum absolute atomic E-state index is 12.2. The van der Waals surface area contributed by atoms with Crippen LogP contribution in [0.5, 0.6) is 0 Å². The van der Waals surface area contributed by atoms with Crippen LogP contribution in [-0.2, 0) is 12.3 Å². The van der Waals surface area contributed by atoms with E-state index in [0.717, 1.165) is 38.9 Å². The lowest BCUT2D eigenvalue weighted by Crippen LogP contribution is -2.23. The molecule has 1 N–H and O–H groups in total. The van der Waals surface area contributed by atoms with Gasteiger partial charge in [-0.05, 0) is 47.9 Å². The minimum Gasteiger partial charge on any atom is -0.352 e. The van der Waals surface area contributed by atoms with Crippen LogP contribution >= 0.6 is 23.4 Å². The van der Waals surface area contributed by atoms with E-state index >= 15 is 0 Å². The maximum atomic E-state index is 12.2. The highest BCUT2D eigenvalue weighted by atomic mass is 35.5. The van der Waals surface area contributed by atoms with Crippen molar-refractivity contribution >= 4 is 40.3 Å². The number of benzene rings is 2. The molecular formula is C24H23ClN4OS. The van der Waals surface area contributed by atoms with Crippen molar-refractivity contribution < 1.29 is 4.79 Å². The fourth-order valence-electron chi connectivity index (χ4n) is 3.22. The second-order valence-electron chi connectivity index (χ2n) is 7.21. The highest BCUT2D eigenvalue weighted by Crippen LogP contribution is 2.28. The molecule has 0 spiro atoms. The average Bonchev–Trinajstić information content (AvgIpc) is 3.15. The van der Waals surface area contributed by atoms with E-state index in [9.17, 15) is 4.79 Å². The summed E-state index contributed by atoms with van der Waals surface area (Å²) in [5, 5.41) is 4.58.